The van der Waals surface area contributed by atoms with Crippen molar-refractivity contribution in [2.45, 2.75) is 31.6 Å². The largest absolute Gasteiger partial charge is 0.340 e. The second-order valence-corrected chi connectivity index (χ2v) is 6.74. The Labute approximate surface area is 90.5 Å². The van der Waals surface area contributed by atoms with E-state index in [1.807, 2.05) is 0 Å². The van der Waals surface area contributed by atoms with E-state index < -0.39 is 15.1 Å². The Balaban J connectivity index is 2.58. The van der Waals surface area contributed by atoms with Crippen molar-refractivity contribution in [3.63, 3.8) is 0 Å². The van der Waals surface area contributed by atoms with Gasteiger partial charge < -0.3 is 10.6 Å². The normalized spacial score (nSPS) is 27.4. The van der Waals surface area contributed by atoms with Gasteiger partial charge in [0.1, 0.15) is 0 Å². The fourth-order valence-electron chi connectivity index (χ4n) is 1.58. The van der Waals surface area contributed by atoms with Crippen molar-refractivity contribution in [3.05, 3.63) is 0 Å². The summed E-state index contributed by atoms with van der Waals surface area (Å²) in [6.07, 6.45) is 0.284. The molecule has 0 bridgehead atoms. The molecule has 2 unspecified atom stereocenters. The standard InChI is InChI=1S/C9H18N2O3S/c1-7(10)5-9(12)11-3-4-15(13,14)8(2)6-11/h7-8H,3-6,10H2,1-2H3. The number of carbonyl (C=O) groups excluding carboxylic acids is 1. The summed E-state index contributed by atoms with van der Waals surface area (Å²) in [6.45, 7) is 4.01. The van der Waals surface area contributed by atoms with Gasteiger partial charge in [-0.25, -0.2) is 8.42 Å². The van der Waals surface area contributed by atoms with Crippen LogP contribution in [0.25, 0.3) is 0 Å². The molecule has 6 heteroatoms. The first-order valence-electron chi connectivity index (χ1n) is 5.08. The third-order valence-electron chi connectivity index (χ3n) is 2.59. The van der Waals surface area contributed by atoms with Crippen LogP contribution in [0.15, 0.2) is 0 Å². The molecular formula is C9H18N2O3S. The Morgan fingerprint density at radius 2 is 2.20 bits per heavy atom. The van der Waals surface area contributed by atoms with E-state index in [0.29, 0.717) is 13.1 Å². The van der Waals surface area contributed by atoms with Crippen LogP contribution >= 0.6 is 0 Å². The van der Waals surface area contributed by atoms with E-state index in [9.17, 15) is 13.2 Å². The zero-order valence-corrected chi connectivity index (χ0v) is 9.96. The lowest BCUT2D eigenvalue weighted by Gasteiger charge is -2.31. The second-order valence-electron chi connectivity index (χ2n) is 4.20. The molecule has 2 N–H and O–H groups in total. The van der Waals surface area contributed by atoms with Crippen molar-refractivity contribution in [3.8, 4) is 0 Å². The number of nitrogens with two attached hydrogens (primary N) is 1. The average Bonchev–Trinajstić information content (AvgIpc) is 2.08. The smallest absolute Gasteiger partial charge is 0.224 e. The molecule has 0 radical (unpaired) electrons. The van der Waals surface area contributed by atoms with Crippen molar-refractivity contribution in [2.24, 2.45) is 5.73 Å². The fraction of sp³-hybridized carbons (Fsp3) is 0.889. The maximum absolute atomic E-state index is 11.6. The molecule has 0 spiro atoms. The lowest BCUT2D eigenvalue weighted by atomic mass is 10.2. The van der Waals surface area contributed by atoms with Crippen LogP contribution in [0.3, 0.4) is 0 Å². The van der Waals surface area contributed by atoms with Crippen LogP contribution in [0.5, 0.6) is 0 Å². The van der Waals surface area contributed by atoms with E-state index in [0.717, 1.165) is 0 Å². The van der Waals surface area contributed by atoms with E-state index in [4.69, 9.17) is 5.73 Å². The highest BCUT2D eigenvalue weighted by atomic mass is 32.2. The van der Waals surface area contributed by atoms with Gasteiger partial charge in [0.25, 0.3) is 0 Å². The molecule has 0 aromatic heterocycles. The summed E-state index contributed by atoms with van der Waals surface area (Å²) in [7, 11) is -2.98. The Morgan fingerprint density at radius 1 is 1.60 bits per heavy atom. The topological polar surface area (TPSA) is 80.5 Å². The highest BCUT2D eigenvalue weighted by Crippen LogP contribution is 2.13. The van der Waals surface area contributed by atoms with Gasteiger partial charge >= 0.3 is 0 Å². The van der Waals surface area contributed by atoms with Crippen LogP contribution in [0.4, 0.5) is 0 Å². The van der Waals surface area contributed by atoms with Crippen molar-refractivity contribution >= 4 is 15.7 Å². The summed E-state index contributed by atoms with van der Waals surface area (Å²) in [5.74, 6) is 0.0190. The van der Waals surface area contributed by atoms with Crippen LogP contribution in [0.2, 0.25) is 0 Å². The molecule has 5 nitrogen and oxygen atoms in total. The number of carbonyl (C=O) groups is 1. The summed E-state index contributed by atoms with van der Waals surface area (Å²) in [4.78, 5) is 13.2. The molecule has 2 atom stereocenters. The van der Waals surface area contributed by atoms with E-state index in [1.165, 1.54) is 0 Å². The Bertz CT molecular complexity index is 337. The molecule has 0 aromatic carbocycles. The van der Waals surface area contributed by atoms with Gasteiger partial charge in [-0.2, -0.15) is 0 Å². The predicted octanol–water partition coefficient (Wildman–Crippen LogP) is -0.631. The molecule has 0 aromatic rings. The number of hydrogen-bond donors (Lipinski definition) is 1. The third kappa shape index (κ3) is 3.17. The summed E-state index contributed by atoms with van der Waals surface area (Å²) in [5.41, 5.74) is 5.52. The number of sulfone groups is 1. The van der Waals surface area contributed by atoms with Crippen molar-refractivity contribution < 1.29 is 13.2 Å². The SMILES string of the molecule is CC(N)CC(=O)N1CCS(=O)(=O)C(C)C1. The molecule has 0 saturated carbocycles. The van der Waals surface area contributed by atoms with Crippen LogP contribution in [-0.2, 0) is 14.6 Å². The molecule has 15 heavy (non-hydrogen) atoms. The number of rotatable bonds is 2. The Morgan fingerprint density at radius 3 is 2.67 bits per heavy atom. The molecule has 0 aliphatic carbocycles. The second kappa shape index (κ2) is 4.49. The minimum absolute atomic E-state index is 0.0493. The van der Waals surface area contributed by atoms with Crippen LogP contribution in [-0.4, -0.2) is 49.4 Å². The summed E-state index contributed by atoms with van der Waals surface area (Å²) < 4.78 is 22.8. The quantitative estimate of drug-likeness (QED) is 0.690. The molecule has 1 saturated heterocycles. The molecule has 1 aliphatic rings. The molecule has 1 fully saturated rings. The highest BCUT2D eigenvalue weighted by Gasteiger charge is 2.31. The van der Waals surface area contributed by atoms with Crippen LogP contribution in [0.1, 0.15) is 20.3 Å². The van der Waals surface area contributed by atoms with Crippen LogP contribution in [0, 0.1) is 0 Å². The zero-order chi connectivity index (χ0) is 11.6. The molecular weight excluding hydrogens is 216 g/mol. The van der Waals surface area contributed by atoms with Gasteiger partial charge in [0.05, 0.1) is 11.0 Å². The maximum atomic E-state index is 11.6. The van der Waals surface area contributed by atoms with Gasteiger partial charge in [0.15, 0.2) is 9.84 Å². The first-order chi connectivity index (χ1) is 6.83. The van der Waals surface area contributed by atoms with Gasteiger partial charge in [0, 0.05) is 25.6 Å². The number of hydrogen-bond acceptors (Lipinski definition) is 4. The van der Waals surface area contributed by atoms with Crippen molar-refractivity contribution in [2.75, 3.05) is 18.8 Å². The van der Waals surface area contributed by atoms with Crippen LogP contribution < -0.4 is 5.73 Å². The molecule has 1 aliphatic heterocycles. The van der Waals surface area contributed by atoms with Gasteiger partial charge in [-0.15, -0.1) is 0 Å². The first kappa shape index (κ1) is 12.4. The lowest BCUT2D eigenvalue weighted by Crippen LogP contribution is -2.49. The minimum Gasteiger partial charge on any atom is -0.340 e. The van der Waals surface area contributed by atoms with Gasteiger partial charge in [0.2, 0.25) is 5.91 Å². The van der Waals surface area contributed by atoms with E-state index in [-0.39, 0.29) is 24.1 Å². The van der Waals surface area contributed by atoms with Gasteiger partial charge in [-0.3, -0.25) is 4.79 Å². The maximum Gasteiger partial charge on any atom is 0.224 e. The Kier molecular flexibility index (Phi) is 3.72. The molecule has 1 heterocycles. The average molecular weight is 234 g/mol. The van der Waals surface area contributed by atoms with E-state index in [1.54, 1.807) is 18.7 Å². The molecule has 1 rings (SSSR count). The van der Waals surface area contributed by atoms with E-state index in [2.05, 4.69) is 0 Å². The summed E-state index contributed by atoms with van der Waals surface area (Å²) in [5, 5.41) is -0.455. The summed E-state index contributed by atoms with van der Waals surface area (Å²) in [6, 6.07) is -0.175. The number of nitrogens with zero attached hydrogens (tertiary/aromatic N) is 1. The minimum atomic E-state index is -2.98. The van der Waals surface area contributed by atoms with Gasteiger partial charge in [-0.1, -0.05) is 0 Å². The highest BCUT2D eigenvalue weighted by molar-refractivity contribution is 7.92. The lowest BCUT2D eigenvalue weighted by molar-refractivity contribution is -0.131. The first-order valence-corrected chi connectivity index (χ1v) is 6.79. The third-order valence-corrected chi connectivity index (χ3v) is 4.71. The Hall–Kier alpha value is -0.620. The van der Waals surface area contributed by atoms with Crippen molar-refractivity contribution in [1.29, 1.82) is 0 Å². The summed E-state index contributed by atoms with van der Waals surface area (Å²) >= 11 is 0. The predicted molar refractivity (Wildman–Crippen MR) is 58.1 cm³/mol. The van der Waals surface area contributed by atoms with Crippen molar-refractivity contribution in [1.82, 2.24) is 4.90 Å². The molecule has 88 valence electrons. The monoisotopic (exact) mass is 234 g/mol. The fourth-order valence-corrected chi connectivity index (χ4v) is 2.87. The molecule has 1 amide bonds. The zero-order valence-electron chi connectivity index (χ0n) is 9.14. The van der Waals surface area contributed by atoms with Gasteiger partial charge in [-0.05, 0) is 13.8 Å². The number of amides is 1. The van der Waals surface area contributed by atoms with E-state index >= 15 is 0 Å².